The summed E-state index contributed by atoms with van der Waals surface area (Å²) < 4.78 is 0. The highest BCUT2D eigenvalue weighted by Gasteiger charge is 2.25. The maximum Gasteiger partial charge on any atom is 0.222 e. The van der Waals surface area contributed by atoms with Crippen molar-refractivity contribution in [2.45, 2.75) is 57.5 Å². The normalized spacial score (nSPS) is 18.7. The fourth-order valence-corrected chi connectivity index (χ4v) is 2.33. The highest BCUT2D eigenvalue weighted by Crippen LogP contribution is 2.24. The number of hydrogen-bond donors (Lipinski definition) is 2. The molecule has 0 bridgehead atoms. The van der Waals surface area contributed by atoms with Crippen molar-refractivity contribution in [2.24, 2.45) is 5.73 Å². The van der Waals surface area contributed by atoms with Gasteiger partial charge in [0.05, 0.1) is 6.61 Å². The van der Waals surface area contributed by atoms with Crippen molar-refractivity contribution in [1.82, 2.24) is 4.90 Å². The average molecular weight is 228 g/mol. The third kappa shape index (κ3) is 4.10. The molecule has 0 aromatic rings. The van der Waals surface area contributed by atoms with Gasteiger partial charge < -0.3 is 15.7 Å². The smallest absolute Gasteiger partial charge is 0.222 e. The second kappa shape index (κ2) is 6.86. The number of carbonyl (C=O) groups is 1. The Bertz CT molecular complexity index is 213. The number of aliphatic hydroxyl groups is 1. The van der Waals surface area contributed by atoms with Crippen LogP contribution in [0.1, 0.15) is 45.4 Å². The second-order valence-electron chi connectivity index (χ2n) is 4.76. The molecule has 1 unspecified atom stereocenters. The Labute approximate surface area is 97.8 Å². The van der Waals surface area contributed by atoms with Gasteiger partial charge in [-0.05, 0) is 26.2 Å². The molecule has 0 heterocycles. The van der Waals surface area contributed by atoms with Crippen LogP contribution in [0.5, 0.6) is 0 Å². The third-order valence-electron chi connectivity index (χ3n) is 3.24. The monoisotopic (exact) mass is 228 g/mol. The zero-order chi connectivity index (χ0) is 12.0. The minimum atomic E-state index is 0.0560. The first kappa shape index (κ1) is 13.5. The Morgan fingerprint density at radius 1 is 1.50 bits per heavy atom. The molecule has 0 saturated heterocycles. The van der Waals surface area contributed by atoms with Crippen molar-refractivity contribution in [1.29, 1.82) is 0 Å². The predicted molar refractivity (Wildman–Crippen MR) is 63.9 cm³/mol. The van der Waals surface area contributed by atoms with Crippen LogP contribution in [-0.2, 0) is 4.79 Å². The van der Waals surface area contributed by atoms with Gasteiger partial charge in [0.25, 0.3) is 0 Å². The molecule has 0 aromatic heterocycles. The first-order chi connectivity index (χ1) is 7.65. The van der Waals surface area contributed by atoms with E-state index in [0.717, 1.165) is 19.3 Å². The van der Waals surface area contributed by atoms with Crippen molar-refractivity contribution < 1.29 is 9.90 Å². The van der Waals surface area contributed by atoms with Gasteiger partial charge in [0.2, 0.25) is 5.91 Å². The van der Waals surface area contributed by atoms with Gasteiger partial charge in [0.15, 0.2) is 0 Å². The van der Waals surface area contributed by atoms with E-state index in [1.54, 1.807) is 0 Å². The van der Waals surface area contributed by atoms with Gasteiger partial charge in [-0.2, -0.15) is 0 Å². The lowest BCUT2D eigenvalue weighted by Gasteiger charge is -2.28. The van der Waals surface area contributed by atoms with E-state index < -0.39 is 0 Å². The SMILES string of the molecule is CC(N)CCC(=O)N(CCO)C1CCCC1. The summed E-state index contributed by atoms with van der Waals surface area (Å²) in [6.45, 7) is 2.45. The van der Waals surface area contributed by atoms with Gasteiger partial charge in [-0.1, -0.05) is 12.8 Å². The molecule has 16 heavy (non-hydrogen) atoms. The third-order valence-corrected chi connectivity index (χ3v) is 3.24. The molecule has 0 radical (unpaired) electrons. The summed E-state index contributed by atoms with van der Waals surface area (Å²) in [6.07, 6.45) is 5.82. The zero-order valence-electron chi connectivity index (χ0n) is 10.2. The quantitative estimate of drug-likeness (QED) is 0.709. The van der Waals surface area contributed by atoms with Gasteiger partial charge in [0, 0.05) is 25.0 Å². The minimum Gasteiger partial charge on any atom is -0.395 e. The van der Waals surface area contributed by atoms with Crippen molar-refractivity contribution in [2.75, 3.05) is 13.2 Å². The maximum absolute atomic E-state index is 12.0. The molecule has 4 nitrogen and oxygen atoms in total. The van der Waals surface area contributed by atoms with Crippen molar-refractivity contribution in [3.63, 3.8) is 0 Å². The van der Waals surface area contributed by atoms with Crippen LogP contribution in [0.3, 0.4) is 0 Å². The van der Waals surface area contributed by atoms with Crippen LogP contribution in [0, 0.1) is 0 Å². The number of carbonyl (C=O) groups excluding carboxylic acids is 1. The van der Waals surface area contributed by atoms with Crippen LogP contribution >= 0.6 is 0 Å². The summed E-state index contributed by atoms with van der Waals surface area (Å²) in [5.41, 5.74) is 5.65. The van der Waals surface area contributed by atoms with Crippen molar-refractivity contribution in [3.05, 3.63) is 0 Å². The van der Waals surface area contributed by atoms with Crippen molar-refractivity contribution in [3.8, 4) is 0 Å². The summed E-state index contributed by atoms with van der Waals surface area (Å²) >= 11 is 0. The Balaban J connectivity index is 2.44. The summed E-state index contributed by atoms with van der Waals surface area (Å²) in [4.78, 5) is 13.8. The van der Waals surface area contributed by atoms with E-state index in [2.05, 4.69) is 0 Å². The van der Waals surface area contributed by atoms with E-state index in [0.29, 0.717) is 19.0 Å². The molecule has 0 spiro atoms. The molecule has 1 fully saturated rings. The van der Waals surface area contributed by atoms with E-state index in [4.69, 9.17) is 10.8 Å². The van der Waals surface area contributed by atoms with Gasteiger partial charge >= 0.3 is 0 Å². The first-order valence-electron chi connectivity index (χ1n) is 6.31. The van der Waals surface area contributed by atoms with Gasteiger partial charge in [-0.15, -0.1) is 0 Å². The number of amides is 1. The predicted octanol–water partition coefficient (Wildman–Crippen LogP) is 0.877. The lowest BCUT2D eigenvalue weighted by molar-refractivity contribution is -0.134. The number of hydrogen-bond acceptors (Lipinski definition) is 3. The van der Waals surface area contributed by atoms with Gasteiger partial charge in [-0.25, -0.2) is 0 Å². The standard InChI is InChI=1S/C12H24N2O2/c1-10(13)6-7-12(16)14(8-9-15)11-4-2-3-5-11/h10-11,15H,2-9,13H2,1H3. The Hall–Kier alpha value is -0.610. The van der Waals surface area contributed by atoms with E-state index >= 15 is 0 Å². The lowest BCUT2D eigenvalue weighted by atomic mass is 10.1. The molecule has 4 heteroatoms. The Morgan fingerprint density at radius 3 is 2.62 bits per heavy atom. The van der Waals surface area contributed by atoms with E-state index in [-0.39, 0.29) is 18.6 Å². The maximum atomic E-state index is 12.0. The van der Waals surface area contributed by atoms with Crippen LogP contribution < -0.4 is 5.73 Å². The summed E-state index contributed by atoms with van der Waals surface area (Å²) in [6, 6.07) is 0.427. The molecule has 1 saturated carbocycles. The highest BCUT2D eigenvalue weighted by atomic mass is 16.3. The summed E-state index contributed by atoms with van der Waals surface area (Å²) in [5.74, 6) is 0.151. The molecule has 1 atom stereocenters. The summed E-state index contributed by atoms with van der Waals surface area (Å²) in [7, 11) is 0. The highest BCUT2D eigenvalue weighted by molar-refractivity contribution is 5.76. The van der Waals surface area contributed by atoms with Crippen LogP contribution in [0.25, 0.3) is 0 Å². The second-order valence-corrected chi connectivity index (χ2v) is 4.76. The molecule has 1 rings (SSSR count). The molecule has 1 amide bonds. The first-order valence-corrected chi connectivity index (χ1v) is 6.31. The fourth-order valence-electron chi connectivity index (χ4n) is 2.33. The average Bonchev–Trinajstić information content (AvgIpc) is 2.75. The Kier molecular flexibility index (Phi) is 5.77. The molecular weight excluding hydrogens is 204 g/mol. The molecular formula is C12H24N2O2. The van der Waals surface area contributed by atoms with Crippen molar-refractivity contribution >= 4 is 5.91 Å². The topological polar surface area (TPSA) is 66.6 Å². The minimum absolute atomic E-state index is 0.0560. The lowest BCUT2D eigenvalue weighted by Crippen LogP contribution is -2.41. The van der Waals surface area contributed by atoms with Crippen LogP contribution in [0.2, 0.25) is 0 Å². The number of rotatable bonds is 6. The van der Waals surface area contributed by atoms with Crippen LogP contribution in [0.4, 0.5) is 0 Å². The fraction of sp³-hybridized carbons (Fsp3) is 0.917. The molecule has 1 aliphatic carbocycles. The molecule has 0 aliphatic heterocycles. The summed E-state index contributed by atoms with van der Waals surface area (Å²) in [5, 5.41) is 9.00. The molecule has 1 aliphatic rings. The van der Waals surface area contributed by atoms with Crippen LogP contribution in [-0.4, -0.2) is 41.1 Å². The largest absolute Gasteiger partial charge is 0.395 e. The van der Waals surface area contributed by atoms with Gasteiger partial charge in [0.1, 0.15) is 0 Å². The van der Waals surface area contributed by atoms with E-state index in [1.165, 1.54) is 12.8 Å². The number of nitrogens with two attached hydrogens (primary N) is 1. The number of nitrogens with zero attached hydrogens (tertiary/aromatic N) is 1. The van der Waals surface area contributed by atoms with E-state index in [1.807, 2.05) is 11.8 Å². The zero-order valence-corrected chi connectivity index (χ0v) is 10.2. The molecule has 94 valence electrons. The van der Waals surface area contributed by atoms with E-state index in [9.17, 15) is 4.79 Å². The molecule has 0 aromatic carbocycles. The Morgan fingerprint density at radius 2 is 2.12 bits per heavy atom. The van der Waals surface area contributed by atoms with Crippen LogP contribution in [0.15, 0.2) is 0 Å². The number of aliphatic hydroxyl groups excluding tert-OH is 1. The van der Waals surface area contributed by atoms with Gasteiger partial charge in [-0.3, -0.25) is 4.79 Å². The molecule has 3 N–H and O–H groups in total.